The predicted octanol–water partition coefficient (Wildman–Crippen LogP) is 6.24. The standard InChI is InChI=1S/C26H37N3O/c1-19-8-7-11-25(19)26(27-21(3)29-16-17-30-20(2)18-29)28-24-14-12-23(13-15-24)22-9-5-4-6-10-22/h12-15,20,22H,3-11,16-18H2,1-2H3,(H,27,28). The molecule has 1 N–H and O–H groups in total. The maximum absolute atomic E-state index is 5.68. The van der Waals surface area contributed by atoms with Crippen LogP contribution in [0.5, 0.6) is 0 Å². The van der Waals surface area contributed by atoms with Gasteiger partial charge in [0.25, 0.3) is 0 Å². The van der Waals surface area contributed by atoms with Crippen LogP contribution >= 0.6 is 0 Å². The van der Waals surface area contributed by atoms with Crippen molar-refractivity contribution in [3.05, 3.63) is 53.4 Å². The number of anilines is 1. The molecule has 1 unspecified atom stereocenters. The van der Waals surface area contributed by atoms with Crippen molar-refractivity contribution in [2.45, 2.75) is 77.2 Å². The van der Waals surface area contributed by atoms with Gasteiger partial charge >= 0.3 is 0 Å². The van der Waals surface area contributed by atoms with E-state index in [9.17, 15) is 0 Å². The topological polar surface area (TPSA) is 36.9 Å². The molecule has 1 saturated carbocycles. The lowest BCUT2D eigenvalue weighted by Gasteiger charge is -2.32. The minimum atomic E-state index is 0.224. The molecule has 1 aromatic carbocycles. The molecule has 1 heterocycles. The van der Waals surface area contributed by atoms with Crippen molar-refractivity contribution < 1.29 is 4.74 Å². The molecule has 0 spiro atoms. The van der Waals surface area contributed by atoms with Crippen molar-refractivity contribution in [3.8, 4) is 0 Å². The van der Waals surface area contributed by atoms with Gasteiger partial charge in [-0.2, -0.15) is 0 Å². The molecule has 0 amide bonds. The Hall–Kier alpha value is -2.07. The molecule has 1 aliphatic heterocycles. The van der Waals surface area contributed by atoms with Crippen LogP contribution in [0.15, 0.2) is 52.8 Å². The molecule has 0 aromatic heterocycles. The van der Waals surface area contributed by atoms with Gasteiger partial charge in [-0.1, -0.05) is 43.5 Å². The first-order valence-corrected chi connectivity index (χ1v) is 11.8. The number of aliphatic imine (C=N–C) groups is 1. The molecule has 0 radical (unpaired) electrons. The van der Waals surface area contributed by atoms with Crippen LogP contribution < -0.4 is 5.32 Å². The van der Waals surface area contributed by atoms with Crippen molar-refractivity contribution in [2.75, 3.05) is 25.0 Å². The van der Waals surface area contributed by atoms with E-state index in [4.69, 9.17) is 9.73 Å². The lowest BCUT2D eigenvalue weighted by atomic mass is 9.84. The second-order valence-corrected chi connectivity index (χ2v) is 9.20. The number of hydrogen-bond donors (Lipinski definition) is 1. The van der Waals surface area contributed by atoms with Crippen molar-refractivity contribution in [1.29, 1.82) is 0 Å². The summed E-state index contributed by atoms with van der Waals surface area (Å²) in [6, 6.07) is 9.07. The van der Waals surface area contributed by atoms with E-state index in [2.05, 4.69) is 54.9 Å². The zero-order valence-corrected chi connectivity index (χ0v) is 18.8. The second-order valence-electron chi connectivity index (χ2n) is 9.20. The Kier molecular flexibility index (Phi) is 6.93. The van der Waals surface area contributed by atoms with Gasteiger partial charge in [0.2, 0.25) is 0 Å². The van der Waals surface area contributed by atoms with E-state index in [1.165, 1.54) is 55.2 Å². The quantitative estimate of drug-likeness (QED) is 0.464. The van der Waals surface area contributed by atoms with Crippen LogP contribution in [-0.4, -0.2) is 36.5 Å². The van der Waals surface area contributed by atoms with E-state index in [1.807, 2.05) is 0 Å². The number of benzene rings is 1. The highest BCUT2D eigenvalue weighted by Gasteiger charge is 2.21. The van der Waals surface area contributed by atoms with E-state index in [0.717, 1.165) is 55.8 Å². The van der Waals surface area contributed by atoms with E-state index >= 15 is 0 Å². The predicted molar refractivity (Wildman–Crippen MR) is 126 cm³/mol. The summed E-state index contributed by atoms with van der Waals surface area (Å²) >= 11 is 0. The Morgan fingerprint density at radius 2 is 1.87 bits per heavy atom. The van der Waals surface area contributed by atoms with Gasteiger partial charge in [0.15, 0.2) is 0 Å². The average molecular weight is 408 g/mol. The number of morpholine rings is 1. The van der Waals surface area contributed by atoms with Gasteiger partial charge in [0, 0.05) is 18.8 Å². The lowest BCUT2D eigenvalue weighted by molar-refractivity contribution is -0.00598. The number of nitrogens with one attached hydrogen (secondary N) is 1. The summed E-state index contributed by atoms with van der Waals surface area (Å²) in [5, 5.41) is 3.64. The molecule has 4 nitrogen and oxygen atoms in total. The molecular weight excluding hydrogens is 370 g/mol. The summed E-state index contributed by atoms with van der Waals surface area (Å²) in [4.78, 5) is 7.24. The molecule has 2 fully saturated rings. The lowest BCUT2D eigenvalue weighted by Crippen LogP contribution is -2.40. The van der Waals surface area contributed by atoms with Crippen LogP contribution in [0.4, 0.5) is 5.69 Å². The van der Waals surface area contributed by atoms with Gasteiger partial charge in [-0.25, -0.2) is 4.99 Å². The fraction of sp³-hybridized carbons (Fsp3) is 0.577. The SMILES string of the molecule is C=C(/N=C(/Nc1ccc(C2CCCCC2)cc1)C1=C(C)CCC1)N1CCOC(C)C1. The van der Waals surface area contributed by atoms with Crippen molar-refractivity contribution >= 4 is 11.5 Å². The molecule has 1 saturated heterocycles. The van der Waals surface area contributed by atoms with Gasteiger partial charge < -0.3 is 15.0 Å². The minimum Gasteiger partial charge on any atom is -0.375 e. The van der Waals surface area contributed by atoms with Gasteiger partial charge in [-0.3, -0.25) is 0 Å². The number of hydrogen-bond acceptors (Lipinski definition) is 3. The first-order valence-electron chi connectivity index (χ1n) is 11.8. The molecule has 4 rings (SSSR count). The number of rotatable bonds is 5. The summed E-state index contributed by atoms with van der Waals surface area (Å²) in [6.07, 6.45) is 10.5. The third kappa shape index (κ3) is 5.15. The molecule has 2 aliphatic carbocycles. The van der Waals surface area contributed by atoms with E-state index in [1.54, 1.807) is 0 Å². The smallest absolute Gasteiger partial charge is 0.135 e. The van der Waals surface area contributed by atoms with E-state index in [0.29, 0.717) is 0 Å². The largest absolute Gasteiger partial charge is 0.375 e. The van der Waals surface area contributed by atoms with Crippen molar-refractivity contribution in [3.63, 3.8) is 0 Å². The Balaban J connectivity index is 1.51. The minimum absolute atomic E-state index is 0.224. The number of allylic oxidation sites excluding steroid dienone is 1. The number of nitrogens with zero attached hydrogens (tertiary/aromatic N) is 2. The van der Waals surface area contributed by atoms with Crippen LogP contribution in [0.1, 0.15) is 76.7 Å². The fourth-order valence-electron chi connectivity index (χ4n) is 5.05. The van der Waals surface area contributed by atoms with Crippen LogP contribution in [0.2, 0.25) is 0 Å². The van der Waals surface area contributed by atoms with Crippen molar-refractivity contribution in [1.82, 2.24) is 4.90 Å². The maximum atomic E-state index is 5.68. The fourth-order valence-corrected chi connectivity index (χ4v) is 5.05. The molecule has 4 heteroatoms. The van der Waals surface area contributed by atoms with Gasteiger partial charge in [0.1, 0.15) is 11.7 Å². The summed E-state index contributed by atoms with van der Waals surface area (Å²) in [6.45, 7) is 11.1. The molecule has 1 aromatic rings. The molecule has 162 valence electrons. The van der Waals surface area contributed by atoms with E-state index < -0.39 is 0 Å². The van der Waals surface area contributed by atoms with Crippen LogP contribution in [0, 0.1) is 0 Å². The first kappa shape index (κ1) is 21.2. The first-order chi connectivity index (χ1) is 14.6. The number of ether oxygens (including phenoxy) is 1. The molecule has 0 bridgehead atoms. The summed E-state index contributed by atoms with van der Waals surface area (Å²) in [5.41, 5.74) is 5.41. The zero-order chi connectivity index (χ0) is 20.9. The maximum Gasteiger partial charge on any atom is 0.135 e. The van der Waals surface area contributed by atoms with Crippen LogP contribution in [0.3, 0.4) is 0 Å². The summed E-state index contributed by atoms with van der Waals surface area (Å²) in [5.74, 6) is 2.54. The Morgan fingerprint density at radius 3 is 2.53 bits per heavy atom. The highest BCUT2D eigenvalue weighted by molar-refractivity contribution is 6.09. The summed E-state index contributed by atoms with van der Waals surface area (Å²) in [7, 11) is 0. The normalized spacial score (nSPS) is 23.7. The highest BCUT2D eigenvalue weighted by Crippen LogP contribution is 2.33. The van der Waals surface area contributed by atoms with Gasteiger partial charge in [-0.15, -0.1) is 0 Å². The third-order valence-corrected chi connectivity index (χ3v) is 6.88. The Labute approximate surface area is 182 Å². The zero-order valence-electron chi connectivity index (χ0n) is 18.8. The second kappa shape index (κ2) is 9.82. The molecule has 3 aliphatic rings. The summed E-state index contributed by atoms with van der Waals surface area (Å²) < 4.78 is 5.68. The van der Waals surface area contributed by atoms with Gasteiger partial charge in [0.05, 0.1) is 12.7 Å². The van der Waals surface area contributed by atoms with Crippen LogP contribution in [-0.2, 0) is 4.74 Å². The Morgan fingerprint density at radius 1 is 1.10 bits per heavy atom. The average Bonchev–Trinajstić information content (AvgIpc) is 3.20. The monoisotopic (exact) mass is 407 g/mol. The third-order valence-electron chi connectivity index (χ3n) is 6.88. The highest BCUT2D eigenvalue weighted by atomic mass is 16.5. The Bertz CT molecular complexity index is 802. The van der Waals surface area contributed by atoms with Crippen LogP contribution in [0.25, 0.3) is 0 Å². The molecule has 30 heavy (non-hydrogen) atoms. The van der Waals surface area contributed by atoms with Crippen molar-refractivity contribution in [2.24, 2.45) is 4.99 Å². The number of amidine groups is 1. The molecular formula is C26H37N3O. The molecule has 1 atom stereocenters. The van der Waals surface area contributed by atoms with Gasteiger partial charge in [-0.05, 0) is 75.1 Å². The van der Waals surface area contributed by atoms with E-state index in [-0.39, 0.29) is 6.10 Å².